The maximum Gasteiger partial charge on any atom is 0.270 e. The molecule has 0 saturated heterocycles. The molecular formula is C23H17FN4O3S. The summed E-state index contributed by atoms with van der Waals surface area (Å²) in [5.74, 6) is 0.293. The van der Waals surface area contributed by atoms with E-state index in [2.05, 4.69) is 15.5 Å². The Morgan fingerprint density at radius 1 is 1.12 bits per heavy atom. The Hall–Kier alpha value is -4.11. The van der Waals surface area contributed by atoms with E-state index in [0.29, 0.717) is 27.7 Å². The smallest absolute Gasteiger partial charge is 0.270 e. The molecule has 1 aromatic heterocycles. The summed E-state index contributed by atoms with van der Waals surface area (Å²) >= 11 is 1.34. The molecule has 0 saturated carbocycles. The Bertz CT molecular complexity index is 1280. The Labute approximate surface area is 187 Å². The summed E-state index contributed by atoms with van der Waals surface area (Å²) in [5, 5.41) is 17.5. The van der Waals surface area contributed by atoms with E-state index in [-0.39, 0.29) is 18.1 Å². The third-order valence-electron chi connectivity index (χ3n) is 4.44. The number of ether oxygens (including phenoxy) is 1. The van der Waals surface area contributed by atoms with Crippen LogP contribution in [0.5, 0.6) is 5.75 Å². The number of nitrogens with zero attached hydrogens (tertiary/aromatic N) is 3. The molecule has 4 rings (SSSR count). The molecule has 32 heavy (non-hydrogen) atoms. The van der Waals surface area contributed by atoms with E-state index in [4.69, 9.17) is 4.74 Å². The van der Waals surface area contributed by atoms with Crippen LogP contribution >= 0.6 is 11.3 Å². The number of aromatic nitrogens is 1. The number of rotatable bonds is 8. The first-order valence-electron chi connectivity index (χ1n) is 9.54. The van der Waals surface area contributed by atoms with Gasteiger partial charge in [0.25, 0.3) is 5.69 Å². The van der Waals surface area contributed by atoms with E-state index in [0.717, 1.165) is 5.56 Å². The summed E-state index contributed by atoms with van der Waals surface area (Å²) in [6.45, 7) is 0.130. The van der Waals surface area contributed by atoms with Gasteiger partial charge in [-0.1, -0.05) is 42.5 Å². The van der Waals surface area contributed by atoms with Crippen LogP contribution in [0.1, 0.15) is 11.1 Å². The van der Waals surface area contributed by atoms with Crippen LogP contribution in [0.4, 0.5) is 15.2 Å². The van der Waals surface area contributed by atoms with Gasteiger partial charge >= 0.3 is 0 Å². The highest BCUT2D eigenvalue weighted by atomic mass is 32.1. The van der Waals surface area contributed by atoms with Crippen LogP contribution in [0.2, 0.25) is 0 Å². The van der Waals surface area contributed by atoms with Gasteiger partial charge in [-0.25, -0.2) is 9.37 Å². The van der Waals surface area contributed by atoms with Crippen molar-refractivity contribution in [1.82, 2.24) is 4.98 Å². The highest BCUT2D eigenvalue weighted by Crippen LogP contribution is 2.27. The number of hydrogen-bond donors (Lipinski definition) is 1. The Morgan fingerprint density at radius 2 is 1.97 bits per heavy atom. The quantitative estimate of drug-likeness (QED) is 0.206. The third kappa shape index (κ3) is 5.32. The van der Waals surface area contributed by atoms with Crippen LogP contribution in [-0.2, 0) is 6.61 Å². The van der Waals surface area contributed by atoms with E-state index in [1.165, 1.54) is 29.5 Å². The average Bonchev–Trinajstić information content (AvgIpc) is 3.28. The molecule has 0 aliphatic rings. The number of hydrogen-bond acceptors (Lipinski definition) is 7. The van der Waals surface area contributed by atoms with Gasteiger partial charge < -0.3 is 4.74 Å². The van der Waals surface area contributed by atoms with E-state index in [1.807, 2.05) is 12.1 Å². The van der Waals surface area contributed by atoms with E-state index < -0.39 is 4.92 Å². The van der Waals surface area contributed by atoms with Crippen molar-refractivity contribution in [1.29, 1.82) is 0 Å². The number of thiazole rings is 1. The summed E-state index contributed by atoms with van der Waals surface area (Å²) in [4.78, 5) is 14.9. The van der Waals surface area contributed by atoms with Gasteiger partial charge in [0.15, 0.2) is 0 Å². The third-order valence-corrected chi connectivity index (χ3v) is 5.19. The summed E-state index contributed by atoms with van der Waals surface area (Å²) in [7, 11) is 0. The second-order valence-corrected chi connectivity index (χ2v) is 7.53. The van der Waals surface area contributed by atoms with Gasteiger partial charge in [0.05, 0.1) is 16.8 Å². The normalized spacial score (nSPS) is 10.9. The number of non-ortho nitro benzene ring substituents is 1. The first-order valence-corrected chi connectivity index (χ1v) is 10.4. The predicted octanol–water partition coefficient (Wildman–Crippen LogP) is 5.88. The second kappa shape index (κ2) is 9.80. The van der Waals surface area contributed by atoms with Crippen molar-refractivity contribution >= 4 is 28.4 Å². The lowest BCUT2D eigenvalue weighted by Gasteiger charge is -2.07. The molecule has 0 unspecified atom stereocenters. The zero-order chi connectivity index (χ0) is 22.3. The summed E-state index contributed by atoms with van der Waals surface area (Å²) in [6.07, 6.45) is 1.62. The molecule has 0 radical (unpaired) electrons. The molecule has 1 heterocycles. The number of nitro benzene ring substituents is 1. The van der Waals surface area contributed by atoms with Gasteiger partial charge in [0.2, 0.25) is 5.13 Å². The van der Waals surface area contributed by atoms with Gasteiger partial charge in [0, 0.05) is 28.6 Å². The molecule has 160 valence electrons. The summed E-state index contributed by atoms with van der Waals surface area (Å²) < 4.78 is 19.4. The lowest BCUT2D eigenvalue weighted by molar-refractivity contribution is -0.384. The fourth-order valence-electron chi connectivity index (χ4n) is 2.86. The molecule has 0 aliphatic carbocycles. The minimum atomic E-state index is -0.437. The molecule has 0 bridgehead atoms. The fourth-order valence-corrected chi connectivity index (χ4v) is 3.53. The fraction of sp³-hybridized carbons (Fsp3) is 0.0435. The van der Waals surface area contributed by atoms with Crippen molar-refractivity contribution in [2.75, 3.05) is 5.43 Å². The zero-order valence-electron chi connectivity index (χ0n) is 16.6. The molecule has 4 aromatic rings. The highest BCUT2D eigenvalue weighted by Gasteiger charge is 2.10. The molecule has 9 heteroatoms. The number of nitro groups is 1. The topological polar surface area (TPSA) is 89.7 Å². The highest BCUT2D eigenvalue weighted by molar-refractivity contribution is 7.14. The number of nitrogens with one attached hydrogen (secondary N) is 1. The number of benzene rings is 3. The van der Waals surface area contributed by atoms with Crippen molar-refractivity contribution < 1.29 is 14.1 Å². The molecule has 1 N–H and O–H groups in total. The lowest BCUT2D eigenvalue weighted by atomic mass is 10.1. The zero-order valence-corrected chi connectivity index (χ0v) is 17.5. The van der Waals surface area contributed by atoms with Crippen LogP contribution < -0.4 is 10.2 Å². The molecule has 3 aromatic carbocycles. The molecular weight excluding hydrogens is 431 g/mol. The van der Waals surface area contributed by atoms with Crippen LogP contribution in [0.25, 0.3) is 11.3 Å². The van der Waals surface area contributed by atoms with E-state index in [1.54, 1.807) is 54.1 Å². The Morgan fingerprint density at radius 3 is 2.81 bits per heavy atom. The average molecular weight is 448 g/mol. The maximum atomic E-state index is 13.7. The Balaban J connectivity index is 1.37. The standard InChI is InChI=1S/C23H17FN4O3S/c24-21-10-2-1-6-18(21)14-31-20-9-3-5-16(11-20)13-25-27-23-26-22(15-32-23)17-7-4-8-19(12-17)28(29)30/h1-13,15H,14H2,(H,26,27)/b25-13+. The second-order valence-electron chi connectivity index (χ2n) is 6.67. The van der Waals surface area contributed by atoms with E-state index in [9.17, 15) is 14.5 Å². The van der Waals surface area contributed by atoms with Gasteiger partial charge in [-0.2, -0.15) is 5.10 Å². The number of hydrazone groups is 1. The van der Waals surface area contributed by atoms with Crippen molar-refractivity contribution in [3.05, 3.63) is 105 Å². The summed E-state index contributed by atoms with van der Waals surface area (Å²) in [5.41, 5.74) is 5.43. The molecule has 0 fully saturated rings. The monoisotopic (exact) mass is 448 g/mol. The molecule has 0 amide bonds. The molecule has 0 spiro atoms. The summed E-state index contributed by atoms with van der Waals surface area (Å²) in [6, 6.07) is 20.1. The van der Waals surface area contributed by atoms with Crippen molar-refractivity contribution in [2.45, 2.75) is 6.61 Å². The number of anilines is 1. The molecule has 0 atom stereocenters. The van der Waals surface area contributed by atoms with Crippen LogP contribution in [-0.4, -0.2) is 16.1 Å². The van der Waals surface area contributed by atoms with Gasteiger partial charge in [0.1, 0.15) is 18.2 Å². The lowest BCUT2D eigenvalue weighted by Crippen LogP contribution is -1.98. The van der Waals surface area contributed by atoms with Gasteiger partial charge in [-0.05, 0) is 23.8 Å². The number of halogens is 1. The predicted molar refractivity (Wildman–Crippen MR) is 123 cm³/mol. The van der Waals surface area contributed by atoms with Crippen molar-refractivity contribution in [3.8, 4) is 17.0 Å². The maximum absolute atomic E-state index is 13.7. The van der Waals surface area contributed by atoms with Crippen molar-refractivity contribution in [2.24, 2.45) is 5.10 Å². The van der Waals surface area contributed by atoms with E-state index >= 15 is 0 Å². The molecule has 7 nitrogen and oxygen atoms in total. The first kappa shape index (κ1) is 21.1. The van der Waals surface area contributed by atoms with Crippen LogP contribution in [0.15, 0.2) is 83.3 Å². The van der Waals surface area contributed by atoms with Crippen LogP contribution in [0.3, 0.4) is 0 Å². The minimum Gasteiger partial charge on any atom is -0.489 e. The molecule has 0 aliphatic heterocycles. The SMILES string of the molecule is O=[N+]([O-])c1cccc(-c2csc(N/N=C/c3cccc(OCc4ccccc4F)c3)n2)c1. The first-order chi connectivity index (χ1) is 15.6. The van der Waals surface area contributed by atoms with Crippen molar-refractivity contribution in [3.63, 3.8) is 0 Å². The van der Waals surface area contributed by atoms with Gasteiger partial charge in [-0.15, -0.1) is 11.3 Å². The largest absolute Gasteiger partial charge is 0.489 e. The van der Waals surface area contributed by atoms with Gasteiger partial charge in [-0.3, -0.25) is 15.5 Å². The van der Waals surface area contributed by atoms with Crippen LogP contribution in [0, 0.1) is 15.9 Å². The Kier molecular flexibility index (Phi) is 6.47. The minimum absolute atomic E-state index is 0.0140.